The van der Waals surface area contributed by atoms with Gasteiger partial charge in [0.1, 0.15) is 25.1 Å². The van der Waals surface area contributed by atoms with Crippen molar-refractivity contribution >= 4 is 6.09 Å². The maximum Gasteiger partial charge on any atom is 0.407 e. The third kappa shape index (κ3) is 6.90. The second kappa shape index (κ2) is 11.3. The molecule has 1 aromatic carbocycles. The smallest absolute Gasteiger partial charge is 0.407 e. The second-order valence-corrected chi connectivity index (χ2v) is 9.75. The van der Waals surface area contributed by atoms with Gasteiger partial charge < -0.3 is 24.3 Å². The van der Waals surface area contributed by atoms with Crippen LogP contribution in [0.4, 0.5) is 4.79 Å². The number of ether oxygens (including phenoxy) is 4. The lowest BCUT2D eigenvalue weighted by Crippen LogP contribution is -2.41. The number of nitrogens with zero attached hydrogens (tertiary/aromatic N) is 3. The van der Waals surface area contributed by atoms with Gasteiger partial charge in [-0.1, -0.05) is 0 Å². The van der Waals surface area contributed by atoms with E-state index < -0.39 is 6.09 Å². The van der Waals surface area contributed by atoms with E-state index in [-0.39, 0.29) is 24.9 Å². The molecule has 9 heteroatoms. The molecule has 0 bridgehead atoms. The first-order chi connectivity index (χ1) is 17.3. The summed E-state index contributed by atoms with van der Waals surface area (Å²) in [6, 6.07) is 13.4. The summed E-state index contributed by atoms with van der Waals surface area (Å²) in [7, 11) is 1.59. The molecule has 36 heavy (non-hydrogen) atoms. The Labute approximate surface area is 211 Å². The van der Waals surface area contributed by atoms with Gasteiger partial charge in [-0.05, 0) is 76.8 Å². The zero-order valence-electron chi connectivity index (χ0n) is 21.3. The van der Waals surface area contributed by atoms with Gasteiger partial charge in [0.2, 0.25) is 11.8 Å². The molecule has 0 radical (unpaired) electrons. The predicted molar refractivity (Wildman–Crippen MR) is 136 cm³/mol. The largest absolute Gasteiger partial charge is 0.490 e. The number of pyridine rings is 1. The summed E-state index contributed by atoms with van der Waals surface area (Å²) in [5.41, 5.74) is 2.29. The van der Waals surface area contributed by atoms with Gasteiger partial charge >= 0.3 is 6.09 Å². The van der Waals surface area contributed by atoms with Crippen molar-refractivity contribution < 1.29 is 23.7 Å². The summed E-state index contributed by atoms with van der Waals surface area (Å²) in [6.45, 7) is 6.10. The van der Waals surface area contributed by atoms with Crippen molar-refractivity contribution in [1.82, 2.24) is 20.1 Å². The normalized spacial score (nSPS) is 13.9. The van der Waals surface area contributed by atoms with Crippen LogP contribution >= 0.6 is 0 Å². The SMILES string of the molecule is COc1ccc(-n2nc(OC3CCCC3)cc2-c2ccc(OCCOC(=O)NC(C)(C)C)cc2)cn1. The van der Waals surface area contributed by atoms with Gasteiger partial charge in [-0.2, -0.15) is 0 Å². The zero-order chi connectivity index (χ0) is 25.5. The number of hydrogen-bond donors (Lipinski definition) is 1. The van der Waals surface area contributed by atoms with E-state index in [0.29, 0.717) is 17.5 Å². The highest BCUT2D eigenvalue weighted by Crippen LogP contribution is 2.31. The number of carbonyl (C=O) groups excluding carboxylic acids is 1. The summed E-state index contributed by atoms with van der Waals surface area (Å²) in [5.74, 6) is 1.81. The molecule has 0 saturated heterocycles. The van der Waals surface area contributed by atoms with E-state index in [9.17, 15) is 4.79 Å². The average molecular weight is 495 g/mol. The van der Waals surface area contributed by atoms with Crippen LogP contribution in [0.5, 0.6) is 17.5 Å². The average Bonchev–Trinajstić information content (AvgIpc) is 3.52. The molecule has 3 aromatic rings. The molecular weight excluding hydrogens is 460 g/mol. The monoisotopic (exact) mass is 494 g/mol. The van der Waals surface area contributed by atoms with E-state index in [0.717, 1.165) is 29.8 Å². The van der Waals surface area contributed by atoms with Crippen LogP contribution in [0.25, 0.3) is 16.9 Å². The van der Waals surface area contributed by atoms with Crippen molar-refractivity contribution in [3.63, 3.8) is 0 Å². The molecule has 1 amide bonds. The summed E-state index contributed by atoms with van der Waals surface area (Å²) < 4.78 is 24.1. The van der Waals surface area contributed by atoms with E-state index in [1.807, 2.05) is 61.9 Å². The minimum atomic E-state index is -0.460. The molecule has 2 aromatic heterocycles. The van der Waals surface area contributed by atoms with Gasteiger partial charge in [-0.25, -0.2) is 14.5 Å². The maximum absolute atomic E-state index is 11.7. The van der Waals surface area contributed by atoms with Crippen molar-refractivity contribution in [3.8, 4) is 34.5 Å². The van der Waals surface area contributed by atoms with Gasteiger partial charge in [-0.3, -0.25) is 0 Å². The first-order valence-electron chi connectivity index (χ1n) is 12.3. The van der Waals surface area contributed by atoms with Crippen molar-refractivity contribution in [2.75, 3.05) is 20.3 Å². The molecule has 1 aliphatic rings. The second-order valence-electron chi connectivity index (χ2n) is 9.75. The standard InChI is InChI=1S/C27H34N4O5/c1-27(2,3)29-26(32)35-16-15-34-21-12-9-19(10-13-21)23-17-25(36-22-7-5-6-8-22)30-31(23)20-11-14-24(33-4)28-18-20/h9-14,17-18,22H,5-8,15-16H2,1-4H3,(H,29,32). The van der Waals surface area contributed by atoms with Crippen LogP contribution in [0.3, 0.4) is 0 Å². The Balaban J connectivity index is 1.45. The van der Waals surface area contributed by atoms with Crippen LogP contribution in [-0.4, -0.2) is 52.8 Å². The van der Waals surface area contributed by atoms with Gasteiger partial charge in [0.15, 0.2) is 0 Å². The van der Waals surface area contributed by atoms with E-state index in [4.69, 9.17) is 24.0 Å². The van der Waals surface area contributed by atoms with E-state index in [2.05, 4.69) is 10.3 Å². The van der Waals surface area contributed by atoms with Gasteiger partial charge in [0.25, 0.3) is 0 Å². The number of methoxy groups -OCH3 is 1. The zero-order valence-corrected chi connectivity index (χ0v) is 21.3. The number of rotatable bonds is 9. The third-order valence-corrected chi connectivity index (χ3v) is 5.66. The number of amides is 1. The Morgan fingerprint density at radius 3 is 2.44 bits per heavy atom. The van der Waals surface area contributed by atoms with Crippen LogP contribution in [0.15, 0.2) is 48.7 Å². The first kappa shape index (κ1) is 25.3. The Morgan fingerprint density at radius 2 is 1.81 bits per heavy atom. The minimum absolute atomic E-state index is 0.156. The molecule has 0 spiro atoms. The van der Waals surface area contributed by atoms with Crippen molar-refractivity contribution in [3.05, 3.63) is 48.7 Å². The fraction of sp³-hybridized carbons (Fsp3) is 0.444. The quantitative estimate of drug-likeness (QED) is 0.410. The molecule has 0 atom stereocenters. The van der Waals surface area contributed by atoms with Crippen molar-refractivity contribution in [1.29, 1.82) is 0 Å². The number of nitrogens with one attached hydrogen (secondary N) is 1. The number of carbonyl (C=O) groups is 1. The molecule has 1 N–H and O–H groups in total. The molecule has 9 nitrogen and oxygen atoms in total. The van der Waals surface area contributed by atoms with Crippen LogP contribution in [0, 0.1) is 0 Å². The molecule has 0 unspecified atom stereocenters. The topological polar surface area (TPSA) is 96.7 Å². The molecule has 1 aliphatic carbocycles. The van der Waals surface area contributed by atoms with Crippen LogP contribution < -0.4 is 19.5 Å². The van der Waals surface area contributed by atoms with Crippen LogP contribution in [0.1, 0.15) is 46.5 Å². The molecular formula is C27H34N4O5. The molecule has 1 fully saturated rings. The number of aromatic nitrogens is 3. The van der Waals surface area contributed by atoms with Gasteiger partial charge in [0, 0.05) is 23.2 Å². The Hall–Kier alpha value is -3.75. The fourth-order valence-electron chi connectivity index (χ4n) is 3.97. The summed E-state index contributed by atoms with van der Waals surface area (Å²) >= 11 is 0. The van der Waals surface area contributed by atoms with Gasteiger partial charge in [-0.15, -0.1) is 5.10 Å². The maximum atomic E-state index is 11.7. The summed E-state index contributed by atoms with van der Waals surface area (Å²) in [5, 5.41) is 7.48. The Kier molecular flexibility index (Phi) is 7.97. The summed E-state index contributed by atoms with van der Waals surface area (Å²) in [6.07, 6.45) is 5.96. The van der Waals surface area contributed by atoms with Crippen molar-refractivity contribution in [2.24, 2.45) is 0 Å². The highest BCUT2D eigenvalue weighted by molar-refractivity contribution is 5.68. The lowest BCUT2D eigenvalue weighted by atomic mass is 10.1. The van der Waals surface area contributed by atoms with Crippen LogP contribution in [-0.2, 0) is 4.74 Å². The van der Waals surface area contributed by atoms with E-state index >= 15 is 0 Å². The lowest BCUT2D eigenvalue weighted by molar-refractivity contribution is 0.118. The number of hydrogen-bond acceptors (Lipinski definition) is 7. The van der Waals surface area contributed by atoms with Crippen molar-refractivity contribution in [2.45, 2.75) is 58.1 Å². The Bertz CT molecular complexity index is 1130. The highest BCUT2D eigenvalue weighted by Gasteiger charge is 2.20. The molecule has 192 valence electrons. The first-order valence-corrected chi connectivity index (χ1v) is 12.3. The minimum Gasteiger partial charge on any atom is -0.490 e. The highest BCUT2D eigenvalue weighted by atomic mass is 16.6. The lowest BCUT2D eigenvalue weighted by Gasteiger charge is -2.19. The third-order valence-electron chi connectivity index (χ3n) is 5.66. The van der Waals surface area contributed by atoms with E-state index in [1.54, 1.807) is 19.4 Å². The Morgan fingerprint density at radius 1 is 1.06 bits per heavy atom. The van der Waals surface area contributed by atoms with E-state index in [1.165, 1.54) is 12.8 Å². The fourth-order valence-corrected chi connectivity index (χ4v) is 3.97. The number of benzene rings is 1. The number of alkyl carbamates (subject to hydrolysis) is 1. The molecule has 0 aliphatic heterocycles. The molecule has 2 heterocycles. The summed E-state index contributed by atoms with van der Waals surface area (Å²) in [4.78, 5) is 16.1. The molecule has 4 rings (SSSR count). The van der Waals surface area contributed by atoms with Crippen LogP contribution in [0.2, 0.25) is 0 Å². The molecule has 1 saturated carbocycles. The van der Waals surface area contributed by atoms with Gasteiger partial charge in [0.05, 0.1) is 24.7 Å². The predicted octanol–water partition coefficient (Wildman–Crippen LogP) is 5.17.